The standard InChI is InChI=1S/C22H28N4O5/c1-12-2-4-15(9-18(12)27)24-22(31)23-10-13-3-5-16-14(8-13)11-26(21(16)30)17-6-7-19(28)25-20(17)29/h2-5,8-9,17,19-21,25,27-30H,6-7,10-11H2,1H3,(H2,23,24,31). The number of phenols is 1. The first-order chi connectivity index (χ1) is 14.8. The van der Waals surface area contributed by atoms with Gasteiger partial charge >= 0.3 is 6.03 Å². The third-order valence-corrected chi connectivity index (χ3v) is 5.96. The highest BCUT2D eigenvalue weighted by Gasteiger charge is 2.39. The predicted molar refractivity (Wildman–Crippen MR) is 114 cm³/mol. The van der Waals surface area contributed by atoms with Gasteiger partial charge in [0, 0.05) is 24.8 Å². The molecule has 2 aliphatic rings. The maximum absolute atomic E-state index is 12.2. The summed E-state index contributed by atoms with van der Waals surface area (Å²) in [6.45, 7) is 2.55. The number of aromatic hydroxyl groups is 1. The number of fused-ring (bicyclic) bond motifs is 1. The summed E-state index contributed by atoms with van der Waals surface area (Å²) in [5, 5.41) is 48.5. The van der Waals surface area contributed by atoms with Crippen molar-refractivity contribution in [3.05, 3.63) is 58.7 Å². The fraction of sp³-hybridized carbons (Fsp3) is 0.409. The Morgan fingerprint density at radius 3 is 2.71 bits per heavy atom. The van der Waals surface area contributed by atoms with E-state index in [9.17, 15) is 25.2 Å². The molecule has 9 heteroatoms. The summed E-state index contributed by atoms with van der Waals surface area (Å²) in [5.41, 5.74) is 3.83. The van der Waals surface area contributed by atoms with Crippen LogP contribution in [0.15, 0.2) is 36.4 Å². The smallest absolute Gasteiger partial charge is 0.319 e. The second-order valence-electron chi connectivity index (χ2n) is 8.16. The minimum Gasteiger partial charge on any atom is -0.508 e. The van der Waals surface area contributed by atoms with E-state index >= 15 is 0 Å². The van der Waals surface area contributed by atoms with E-state index < -0.39 is 18.7 Å². The van der Waals surface area contributed by atoms with Gasteiger partial charge in [-0.15, -0.1) is 0 Å². The SMILES string of the molecule is Cc1ccc(NC(=O)NCc2ccc3c(c2)CN(C2CCC(O)NC2O)C3O)cc1O. The van der Waals surface area contributed by atoms with Crippen LogP contribution >= 0.6 is 0 Å². The molecule has 2 aliphatic heterocycles. The molecule has 31 heavy (non-hydrogen) atoms. The van der Waals surface area contributed by atoms with Crippen LogP contribution in [0.25, 0.3) is 0 Å². The third-order valence-electron chi connectivity index (χ3n) is 5.96. The van der Waals surface area contributed by atoms with Crippen molar-refractivity contribution in [3.63, 3.8) is 0 Å². The van der Waals surface area contributed by atoms with E-state index in [1.165, 1.54) is 6.07 Å². The molecule has 0 spiro atoms. The van der Waals surface area contributed by atoms with E-state index in [0.29, 0.717) is 31.6 Å². The van der Waals surface area contributed by atoms with Gasteiger partial charge in [-0.05, 0) is 48.1 Å². The number of carbonyl (C=O) groups excluding carboxylic acids is 1. The molecule has 0 aliphatic carbocycles. The zero-order valence-corrected chi connectivity index (χ0v) is 17.2. The zero-order chi connectivity index (χ0) is 22.1. The van der Waals surface area contributed by atoms with Gasteiger partial charge in [0.05, 0.1) is 6.04 Å². The van der Waals surface area contributed by atoms with E-state index in [1.54, 1.807) is 19.1 Å². The van der Waals surface area contributed by atoms with Gasteiger partial charge in [-0.1, -0.05) is 24.3 Å². The summed E-state index contributed by atoms with van der Waals surface area (Å²) in [6.07, 6.45) is -1.40. The Kier molecular flexibility index (Phi) is 6.12. The molecule has 1 saturated heterocycles. The van der Waals surface area contributed by atoms with Gasteiger partial charge in [-0.2, -0.15) is 0 Å². The number of nitrogens with zero attached hydrogens (tertiary/aromatic N) is 1. The van der Waals surface area contributed by atoms with Crippen molar-refractivity contribution in [2.45, 2.75) is 57.6 Å². The van der Waals surface area contributed by atoms with Crippen LogP contribution in [0, 0.1) is 6.92 Å². The van der Waals surface area contributed by atoms with Crippen LogP contribution in [-0.4, -0.2) is 49.9 Å². The summed E-state index contributed by atoms with van der Waals surface area (Å²) < 4.78 is 0. The molecule has 2 heterocycles. The molecule has 0 bridgehead atoms. The van der Waals surface area contributed by atoms with Crippen LogP contribution < -0.4 is 16.0 Å². The molecule has 7 N–H and O–H groups in total. The van der Waals surface area contributed by atoms with E-state index in [1.807, 2.05) is 23.1 Å². The number of amides is 2. The molecule has 4 unspecified atom stereocenters. The molecule has 0 aromatic heterocycles. The number of nitrogens with one attached hydrogen (secondary N) is 3. The highest BCUT2D eigenvalue weighted by atomic mass is 16.3. The summed E-state index contributed by atoms with van der Waals surface area (Å²) >= 11 is 0. The molecule has 2 aromatic rings. The van der Waals surface area contributed by atoms with Gasteiger partial charge in [0.1, 0.15) is 24.4 Å². The molecule has 166 valence electrons. The zero-order valence-electron chi connectivity index (χ0n) is 17.2. The summed E-state index contributed by atoms with van der Waals surface area (Å²) in [4.78, 5) is 14.0. The third kappa shape index (κ3) is 4.65. The highest BCUT2D eigenvalue weighted by Crippen LogP contribution is 2.36. The fourth-order valence-electron chi connectivity index (χ4n) is 4.19. The Balaban J connectivity index is 1.36. The minimum absolute atomic E-state index is 0.118. The van der Waals surface area contributed by atoms with Crippen LogP contribution in [0.2, 0.25) is 0 Å². The molecular weight excluding hydrogens is 400 g/mol. The second-order valence-corrected chi connectivity index (χ2v) is 8.16. The quantitative estimate of drug-likeness (QED) is 0.389. The molecular formula is C22H28N4O5. The van der Waals surface area contributed by atoms with Crippen molar-refractivity contribution in [2.24, 2.45) is 0 Å². The number of carbonyl (C=O) groups is 1. The number of aliphatic hydroxyl groups excluding tert-OH is 3. The minimum atomic E-state index is -0.918. The van der Waals surface area contributed by atoms with E-state index in [4.69, 9.17) is 0 Å². The molecule has 2 amide bonds. The lowest BCUT2D eigenvalue weighted by molar-refractivity contribution is -0.104. The van der Waals surface area contributed by atoms with Crippen molar-refractivity contribution < 1.29 is 25.2 Å². The fourth-order valence-corrected chi connectivity index (χ4v) is 4.19. The Hall–Kier alpha value is -2.69. The van der Waals surface area contributed by atoms with E-state index in [-0.39, 0.29) is 17.8 Å². The number of benzene rings is 2. The van der Waals surface area contributed by atoms with Crippen molar-refractivity contribution in [1.29, 1.82) is 0 Å². The van der Waals surface area contributed by atoms with Crippen LogP contribution in [0.5, 0.6) is 5.75 Å². The van der Waals surface area contributed by atoms with Crippen molar-refractivity contribution in [2.75, 3.05) is 5.32 Å². The van der Waals surface area contributed by atoms with E-state index in [0.717, 1.165) is 22.3 Å². The van der Waals surface area contributed by atoms with Gasteiger partial charge in [-0.3, -0.25) is 10.2 Å². The maximum atomic E-state index is 12.2. The average Bonchev–Trinajstić information content (AvgIpc) is 3.05. The summed E-state index contributed by atoms with van der Waals surface area (Å²) in [6, 6.07) is 9.87. The van der Waals surface area contributed by atoms with Gasteiger partial charge in [0.2, 0.25) is 0 Å². The lowest BCUT2D eigenvalue weighted by Crippen LogP contribution is -2.56. The number of phenolic OH excluding ortho intramolecular Hbond substituents is 1. The Morgan fingerprint density at radius 1 is 1.16 bits per heavy atom. The maximum Gasteiger partial charge on any atom is 0.319 e. The number of aliphatic hydroxyl groups is 3. The van der Waals surface area contributed by atoms with Gasteiger partial charge < -0.3 is 31.1 Å². The van der Waals surface area contributed by atoms with Crippen molar-refractivity contribution in [3.8, 4) is 5.75 Å². The Morgan fingerprint density at radius 2 is 1.97 bits per heavy atom. The Labute approximate surface area is 180 Å². The van der Waals surface area contributed by atoms with E-state index in [2.05, 4.69) is 16.0 Å². The highest BCUT2D eigenvalue weighted by molar-refractivity contribution is 5.89. The van der Waals surface area contributed by atoms with Crippen molar-refractivity contribution >= 4 is 11.7 Å². The number of aryl methyl sites for hydroxylation is 1. The lowest BCUT2D eigenvalue weighted by Gasteiger charge is -2.39. The topological polar surface area (TPSA) is 137 Å². The number of anilines is 1. The number of rotatable bonds is 4. The number of hydrogen-bond donors (Lipinski definition) is 7. The summed E-state index contributed by atoms with van der Waals surface area (Å²) in [5.74, 6) is 0.118. The number of hydrogen-bond acceptors (Lipinski definition) is 7. The first kappa shape index (κ1) is 21.5. The second kappa shape index (κ2) is 8.81. The molecule has 0 radical (unpaired) electrons. The van der Waals surface area contributed by atoms with Gasteiger partial charge in [0.25, 0.3) is 0 Å². The molecule has 9 nitrogen and oxygen atoms in total. The Bertz CT molecular complexity index is 969. The normalized spacial score (nSPS) is 25.8. The molecule has 4 rings (SSSR count). The molecule has 0 saturated carbocycles. The molecule has 1 fully saturated rings. The van der Waals surface area contributed by atoms with Crippen molar-refractivity contribution in [1.82, 2.24) is 15.5 Å². The average molecular weight is 428 g/mol. The van der Waals surface area contributed by atoms with Crippen LogP contribution in [0.4, 0.5) is 10.5 Å². The molecule has 2 aromatic carbocycles. The monoisotopic (exact) mass is 428 g/mol. The van der Waals surface area contributed by atoms with Crippen LogP contribution in [0.1, 0.15) is 41.3 Å². The van der Waals surface area contributed by atoms with Gasteiger partial charge in [-0.25, -0.2) is 4.79 Å². The predicted octanol–water partition coefficient (Wildman–Crippen LogP) is 1.22. The summed E-state index contributed by atoms with van der Waals surface area (Å²) in [7, 11) is 0. The lowest BCUT2D eigenvalue weighted by atomic mass is 10.0. The first-order valence-corrected chi connectivity index (χ1v) is 10.3. The van der Waals surface area contributed by atoms with Crippen LogP contribution in [-0.2, 0) is 13.1 Å². The number of urea groups is 1. The number of piperidine rings is 1. The van der Waals surface area contributed by atoms with Crippen LogP contribution in [0.3, 0.4) is 0 Å². The van der Waals surface area contributed by atoms with Gasteiger partial charge in [0.15, 0.2) is 0 Å². The molecule has 4 atom stereocenters. The first-order valence-electron chi connectivity index (χ1n) is 10.3. The largest absolute Gasteiger partial charge is 0.508 e.